The normalized spacial score (nSPS) is 18.7. The predicted molar refractivity (Wildman–Crippen MR) is 109 cm³/mol. The first-order chi connectivity index (χ1) is 14.5. The van der Waals surface area contributed by atoms with Gasteiger partial charge in [0.05, 0.1) is 40.9 Å². The summed E-state index contributed by atoms with van der Waals surface area (Å²) in [6, 6.07) is 3.37. The number of carbonyl (C=O) groups excluding carboxylic acids is 1. The van der Waals surface area contributed by atoms with E-state index in [-0.39, 0.29) is 17.2 Å². The van der Waals surface area contributed by atoms with Gasteiger partial charge in [0.15, 0.2) is 16.6 Å². The summed E-state index contributed by atoms with van der Waals surface area (Å²) in [5.74, 6) is -0.0548. The Morgan fingerprint density at radius 3 is 2.67 bits per heavy atom. The molecule has 1 saturated carbocycles. The van der Waals surface area contributed by atoms with Crippen LogP contribution < -0.4 is 5.32 Å². The average molecular weight is 441 g/mol. The molecule has 2 aliphatic carbocycles. The third-order valence-electron chi connectivity index (χ3n) is 5.82. The monoisotopic (exact) mass is 440 g/mol. The van der Waals surface area contributed by atoms with Gasteiger partial charge in [-0.3, -0.25) is 4.79 Å². The third-order valence-corrected chi connectivity index (χ3v) is 6.28. The van der Waals surface area contributed by atoms with E-state index in [1.165, 1.54) is 17.2 Å². The summed E-state index contributed by atoms with van der Waals surface area (Å²) in [6.45, 7) is 0. The zero-order valence-electron chi connectivity index (χ0n) is 15.5. The number of amides is 1. The highest BCUT2D eigenvalue weighted by Crippen LogP contribution is 2.60. The number of hydrogen-bond acceptors (Lipinski definition) is 6. The molecule has 4 aromatic rings. The quantitative estimate of drug-likeness (QED) is 0.524. The van der Waals surface area contributed by atoms with Crippen molar-refractivity contribution in [3.8, 4) is 5.82 Å². The van der Waals surface area contributed by atoms with Crippen molar-refractivity contribution in [3.05, 3.63) is 58.4 Å². The molecule has 1 fully saturated rings. The number of rotatable bonds is 3. The van der Waals surface area contributed by atoms with Crippen molar-refractivity contribution in [2.24, 2.45) is 0 Å². The fraction of sp³-hybridized carbons (Fsp3) is 0.263. The van der Waals surface area contributed by atoms with Crippen LogP contribution in [0.5, 0.6) is 0 Å². The molecule has 1 atom stereocenters. The van der Waals surface area contributed by atoms with Gasteiger partial charge in [-0.25, -0.2) is 14.5 Å². The largest absolute Gasteiger partial charge is 0.324 e. The lowest BCUT2D eigenvalue weighted by molar-refractivity contribution is -0.117. The van der Waals surface area contributed by atoms with Crippen LogP contribution in [0.15, 0.2) is 36.9 Å². The number of pyridine rings is 1. The number of nitrogens with zero attached hydrogens (tertiary/aromatic N) is 7. The number of nitrogens with one attached hydrogen (secondary N) is 1. The molecule has 0 aromatic carbocycles. The van der Waals surface area contributed by atoms with E-state index in [9.17, 15) is 4.79 Å². The summed E-state index contributed by atoms with van der Waals surface area (Å²) < 4.78 is 1.79. The summed E-state index contributed by atoms with van der Waals surface area (Å²) in [7, 11) is 0. The number of hydrogen-bond donors (Lipinski definition) is 1. The maximum atomic E-state index is 13.2. The molecule has 1 N–H and O–H groups in total. The van der Waals surface area contributed by atoms with E-state index in [0.717, 1.165) is 30.5 Å². The van der Waals surface area contributed by atoms with Crippen LogP contribution in [-0.2, 0) is 10.2 Å². The van der Waals surface area contributed by atoms with Crippen molar-refractivity contribution in [1.82, 2.24) is 34.6 Å². The van der Waals surface area contributed by atoms with E-state index >= 15 is 0 Å². The van der Waals surface area contributed by atoms with E-state index in [2.05, 4.69) is 30.6 Å². The summed E-state index contributed by atoms with van der Waals surface area (Å²) >= 11 is 12.4. The number of halogens is 2. The number of anilines is 1. The van der Waals surface area contributed by atoms with Gasteiger partial charge in [0.25, 0.3) is 0 Å². The van der Waals surface area contributed by atoms with E-state index in [0.29, 0.717) is 27.3 Å². The second-order valence-electron chi connectivity index (χ2n) is 7.67. The first kappa shape index (κ1) is 17.8. The Morgan fingerprint density at radius 2 is 1.93 bits per heavy atom. The second kappa shape index (κ2) is 6.23. The van der Waals surface area contributed by atoms with Gasteiger partial charge in [0.1, 0.15) is 0 Å². The molecule has 150 valence electrons. The van der Waals surface area contributed by atoms with Gasteiger partial charge in [-0.15, -0.1) is 4.80 Å². The fourth-order valence-corrected chi connectivity index (χ4v) is 4.74. The van der Waals surface area contributed by atoms with Crippen LogP contribution in [0, 0.1) is 0 Å². The molecule has 1 spiro atoms. The molecule has 0 bridgehead atoms. The Bertz CT molecular complexity index is 1310. The van der Waals surface area contributed by atoms with Crippen molar-refractivity contribution in [1.29, 1.82) is 0 Å². The van der Waals surface area contributed by atoms with Crippen LogP contribution in [-0.4, -0.2) is 40.5 Å². The zero-order valence-corrected chi connectivity index (χ0v) is 17.0. The highest BCUT2D eigenvalue weighted by Gasteiger charge is 2.56. The van der Waals surface area contributed by atoms with Crippen molar-refractivity contribution in [2.45, 2.75) is 30.6 Å². The van der Waals surface area contributed by atoms with Gasteiger partial charge in [-0.05, 0) is 25.3 Å². The fourth-order valence-electron chi connectivity index (χ4n) is 4.33. The summed E-state index contributed by atoms with van der Waals surface area (Å²) in [4.78, 5) is 23.2. The number of aromatic nitrogens is 7. The maximum absolute atomic E-state index is 13.2. The highest BCUT2D eigenvalue weighted by atomic mass is 35.5. The van der Waals surface area contributed by atoms with Gasteiger partial charge in [-0.1, -0.05) is 23.2 Å². The molecule has 0 radical (unpaired) electrons. The molecule has 2 aliphatic rings. The second-order valence-corrected chi connectivity index (χ2v) is 8.47. The number of fused-ring (bicyclic) bond motifs is 4. The minimum Gasteiger partial charge on any atom is -0.324 e. The van der Waals surface area contributed by atoms with Crippen molar-refractivity contribution >= 4 is 40.4 Å². The minimum absolute atomic E-state index is 0.0284. The topological polar surface area (TPSA) is 103 Å². The molecule has 1 amide bonds. The highest BCUT2D eigenvalue weighted by molar-refractivity contribution is 6.32. The van der Waals surface area contributed by atoms with Crippen LogP contribution in [0.1, 0.15) is 36.4 Å². The molecule has 1 unspecified atom stereocenters. The molecule has 6 rings (SSSR count). The molecule has 30 heavy (non-hydrogen) atoms. The molecule has 0 aliphatic heterocycles. The average Bonchev–Trinajstić information content (AvgIpc) is 3.06. The molecule has 0 saturated heterocycles. The SMILES string of the molecule is O=C(Nc1cnc(-n2nccn2)c(Cl)c1)C1CC2(CC2)c2c1cnc1cc(Cl)nn21. The first-order valence-corrected chi connectivity index (χ1v) is 10.2. The Kier molecular flexibility index (Phi) is 3.69. The standard InChI is InChI=1S/C19H14Cl2N8O/c20-13-5-10(8-23-17(13)29-24-3-4-25-29)26-18(30)11-7-19(1-2-19)16-12(11)9-22-15-6-14(21)27-28(15)16/h3-6,8-9,11H,1-2,7H2,(H,26,30). The third kappa shape index (κ3) is 2.62. The van der Waals surface area contributed by atoms with E-state index in [1.807, 2.05) is 0 Å². The smallest absolute Gasteiger partial charge is 0.232 e. The van der Waals surface area contributed by atoms with Crippen molar-refractivity contribution < 1.29 is 4.79 Å². The van der Waals surface area contributed by atoms with Crippen molar-refractivity contribution in [3.63, 3.8) is 0 Å². The Hall–Kier alpha value is -3.04. The van der Waals surface area contributed by atoms with Crippen LogP contribution in [0.25, 0.3) is 11.5 Å². The minimum atomic E-state index is -0.325. The zero-order chi connectivity index (χ0) is 20.5. The van der Waals surface area contributed by atoms with E-state index in [4.69, 9.17) is 23.2 Å². The molecular formula is C19H14Cl2N8O. The van der Waals surface area contributed by atoms with E-state index < -0.39 is 0 Å². The van der Waals surface area contributed by atoms with Crippen LogP contribution >= 0.6 is 23.2 Å². The first-order valence-electron chi connectivity index (χ1n) is 9.42. The van der Waals surface area contributed by atoms with Gasteiger partial charge in [0.2, 0.25) is 5.91 Å². The van der Waals surface area contributed by atoms with E-state index in [1.54, 1.807) is 29.0 Å². The van der Waals surface area contributed by atoms with Crippen molar-refractivity contribution in [2.75, 3.05) is 5.32 Å². The molecule has 11 heteroatoms. The van der Waals surface area contributed by atoms with Gasteiger partial charge < -0.3 is 5.32 Å². The number of carbonyl (C=O) groups is 1. The lowest BCUT2D eigenvalue weighted by atomic mass is 9.99. The molecular weight excluding hydrogens is 427 g/mol. The lowest BCUT2D eigenvalue weighted by Crippen LogP contribution is -2.20. The Morgan fingerprint density at radius 1 is 1.13 bits per heavy atom. The van der Waals surface area contributed by atoms with Crippen LogP contribution in [0.2, 0.25) is 10.2 Å². The predicted octanol–water partition coefficient (Wildman–Crippen LogP) is 3.17. The maximum Gasteiger partial charge on any atom is 0.232 e. The molecule has 4 aromatic heterocycles. The Labute approximate surface area is 180 Å². The van der Waals surface area contributed by atoms with Gasteiger partial charge in [-0.2, -0.15) is 15.3 Å². The summed E-state index contributed by atoms with van der Waals surface area (Å²) in [5, 5.41) is 16.1. The molecule has 4 heterocycles. The van der Waals surface area contributed by atoms with Gasteiger partial charge >= 0.3 is 0 Å². The van der Waals surface area contributed by atoms with Gasteiger partial charge in [0, 0.05) is 23.2 Å². The Balaban J connectivity index is 1.32. The molecule has 9 nitrogen and oxygen atoms in total. The summed E-state index contributed by atoms with van der Waals surface area (Å²) in [5.41, 5.74) is 3.13. The van der Waals surface area contributed by atoms with Crippen LogP contribution in [0.3, 0.4) is 0 Å². The summed E-state index contributed by atoms with van der Waals surface area (Å²) in [6.07, 6.45) is 9.17. The lowest BCUT2D eigenvalue weighted by Gasteiger charge is -2.13. The van der Waals surface area contributed by atoms with Crippen LogP contribution in [0.4, 0.5) is 5.69 Å².